The van der Waals surface area contributed by atoms with Gasteiger partial charge in [-0.15, -0.1) is 0 Å². The zero-order valence-electron chi connectivity index (χ0n) is 12.9. The molecule has 0 radical (unpaired) electrons. The van der Waals surface area contributed by atoms with E-state index in [9.17, 15) is 13.2 Å². The van der Waals surface area contributed by atoms with E-state index < -0.39 is 15.6 Å². The van der Waals surface area contributed by atoms with Crippen molar-refractivity contribution in [3.63, 3.8) is 0 Å². The Labute approximate surface area is 164 Å². The maximum Gasteiger partial charge on any atom is 0.291 e. The number of benzene rings is 2. The van der Waals surface area contributed by atoms with E-state index in [2.05, 4.69) is 9.82 Å². The first-order valence-electron chi connectivity index (χ1n) is 7.11. The summed E-state index contributed by atoms with van der Waals surface area (Å²) in [5.41, 5.74) is -0.00478. The van der Waals surface area contributed by atoms with Gasteiger partial charge in [-0.1, -0.05) is 46.9 Å². The normalized spacial score (nSPS) is 11.3. The number of aromatic nitrogens is 2. The highest BCUT2D eigenvalue weighted by Gasteiger charge is 2.16. The lowest BCUT2D eigenvalue weighted by Crippen LogP contribution is -2.21. The molecule has 0 spiro atoms. The van der Waals surface area contributed by atoms with Crippen LogP contribution in [-0.2, 0) is 10.0 Å². The molecule has 2 aromatic carbocycles. The zero-order valence-corrected chi connectivity index (χ0v) is 15.9. The minimum absolute atomic E-state index is 0.00530. The van der Waals surface area contributed by atoms with Crippen molar-refractivity contribution in [2.75, 3.05) is 4.72 Å². The van der Waals surface area contributed by atoms with Crippen molar-refractivity contribution >= 4 is 50.5 Å². The molecule has 0 bridgehead atoms. The van der Waals surface area contributed by atoms with Gasteiger partial charge in [0.2, 0.25) is 0 Å². The average Bonchev–Trinajstić information content (AvgIpc) is 2.62. The third-order valence-corrected chi connectivity index (χ3v) is 5.85. The summed E-state index contributed by atoms with van der Waals surface area (Å²) < 4.78 is 28.4. The molecular formula is C16H10Cl3N3O3S. The van der Waals surface area contributed by atoms with E-state index in [-0.39, 0.29) is 25.7 Å². The third-order valence-electron chi connectivity index (χ3n) is 3.39. The lowest BCUT2D eigenvalue weighted by molar-refractivity contribution is 0.601. The van der Waals surface area contributed by atoms with Crippen LogP contribution in [0, 0.1) is 0 Å². The van der Waals surface area contributed by atoms with Crippen LogP contribution in [0.25, 0.3) is 5.69 Å². The second kappa shape index (κ2) is 7.28. The Bertz CT molecular complexity index is 1130. The van der Waals surface area contributed by atoms with Crippen LogP contribution in [0.4, 0.5) is 5.69 Å². The SMILES string of the molecule is O=c1c(Cl)c(Cl)cnn1-c1ccc(S(=O)(=O)Nc2ccccc2Cl)cc1. The quantitative estimate of drug-likeness (QED) is 0.678. The molecule has 1 N–H and O–H groups in total. The molecule has 1 aromatic heterocycles. The second-order valence-corrected chi connectivity index (χ2v) is 7.98. The van der Waals surface area contributed by atoms with Gasteiger partial charge in [-0.25, -0.2) is 8.42 Å². The first kappa shape index (κ1) is 18.7. The molecule has 134 valence electrons. The number of nitrogens with zero attached hydrogens (tertiary/aromatic N) is 2. The summed E-state index contributed by atoms with van der Waals surface area (Å²) in [5, 5.41) is 4.03. The molecule has 0 amide bonds. The minimum Gasteiger partial charge on any atom is -0.278 e. The van der Waals surface area contributed by atoms with Gasteiger partial charge in [0.1, 0.15) is 5.02 Å². The highest BCUT2D eigenvalue weighted by molar-refractivity contribution is 7.92. The molecule has 26 heavy (non-hydrogen) atoms. The fourth-order valence-electron chi connectivity index (χ4n) is 2.11. The van der Waals surface area contributed by atoms with Crippen molar-refractivity contribution in [2.24, 2.45) is 0 Å². The van der Waals surface area contributed by atoms with Crippen LogP contribution in [0.3, 0.4) is 0 Å². The summed E-state index contributed by atoms with van der Waals surface area (Å²) in [5.74, 6) is 0. The van der Waals surface area contributed by atoms with Gasteiger partial charge < -0.3 is 0 Å². The third kappa shape index (κ3) is 3.71. The number of rotatable bonds is 4. The van der Waals surface area contributed by atoms with Gasteiger partial charge in [0.15, 0.2) is 0 Å². The van der Waals surface area contributed by atoms with E-state index >= 15 is 0 Å². The van der Waals surface area contributed by atoms with E-state index in [4.69, 9.17) is 34.8 Å². The molecule has 0 aliphatic carbocycles. The summed E-state index contributed by atoms with van der Waals surface area (Å²) in [6.45, 7) is 0. The lowest BCUT2D eigenvalue weighted by atomic mass is 10.3. The van der Waals surface area contributed by atoms with Crippen molar-refractivity contribution in [3.8, 4) is 5.69 Å². The Morgan fingerprint density at radius 1 is 0.923 bits per heavy atom. The first-order valence-corrected chi connectivity index (χ1v) is 9.72. The van der Waals surface area contributed by atoms with Crippen LogP contribution >= 0.6 is 34.8 Å². The van der Waals surface area contributed by atoms with Crippen molar-refractivity contribution in [1.29, 1.82) is 0 Å². The molecule has 0 atom stereocenters. The fourth-order valence-corrected chi connectivity index (χ4v) is 3.68. The number of sulfonamides is 1. The highest BCUT2D eigenvalue weighted by Crippen LogP contribution is 2.24. The molecular weight excluding hydrogens is 421 g/mol. The van der Waals surface area contributed by atoms with Gasteiger partial charge in [0.05, 0.1) is 32.5 Å². The van der Waals surface area contributed by atoms with E-state index in [0.717, 1.165) is 4.68 Å². The number of para-hydroxylation sites is 1. The highest BCUT2D eigenvalue weighted by atomic mass is 35.5. The van der Waals surface area contributed by atoms with E-state index in [0.29, 0.717) is 5.69 Å². The molecule has 6 nitrogen and oxygen atoms in total. The van der Waals surface area contributed by atoms with E-state index in [1.54, 1.807) is 24.3 Å². The van der Waals surface area contributed by atoms with Crippen LogP contribution < -0.4 is 10.3 Å². The molecule has 3 aromatic rings. The molecule has 0 aliphatic rings. The standard InChI is InChI=1S/C16H10Cl3N3O3S/c17-12-3-1-2-4-14(12)21-26(24,25)11-7-5-10(6-8-11)22-16(23)15(19)13(18)9-20-22/h1-9,21H. The maximum absolute atomic E-state index is 12.5. The largest absolute Gasteiger partial charge is 0.291 e. The number of hydrogen-bond acceptors (Lipinski definition) is 4. The molecule has 3 rings (SSSR count). The summed E-state index contributed by atoms with van der Waals surface area (Å²) in [7, 11) is -3.85. The second-order valence-electron chi connectivity index (χ2n) is 5.10. The topological polar surface area (TPSA) is 81.1 Å². The minimum atomic E-state index is -3.85. The van der Waals surface area contributed by atoms with Crippen molar-refractivity contribution < 1.29 is 8.42 Å². The summed E-state index contributed by atoms with van der Waals surface area (Å²) in [6, 6.07) is 12.0. The molecule has 0 aliphatic heterocycles. The van der Waals surface area contributed by atoms with Gasteiger partial charge in [0, 0.05) is 0 Å². The van der Waals surface area contributed by atoms with Crippen LogP contribution in [-0.4, -0.2) is 18.2 Å². The smallest absolute Gasteiger partial charge is 0.278 e. The summed E-state index contributed by atoms with van der Waals surface area (Å²) in [4.78, 5) is 12.1. The van der Waals surface area contributed by atoms with E-state index in [1.807, 2.05) is 0 Å². The molecule has 0 unspecified atom stereocenters. The van der Waals surface area contributed by atoms with Crippen LogP contribution in [0.5, 0.6) is 0 Å². The Balaban J connectivity index is 1.94. The predicted molar refractivity (Wildman–Crippen MR) is 102 cm³/mol. The maximum atomic E-state index is 12.5. The van der Waals surface area contributed by atoms with Gasteiger partial charge >= 0.3 is 0 Å². The van der Waals surface area contributed by atoms with Crippen LogP contribution in [0.15, 0.2) is 64.4 Å². The van der Waals surface area contributed by atoms with Gasteiger partial charge in [0.25, 0.3) is 15.6 Å². The van der Waals surface area contributed by atoms with Crippen molar-refractivity contribution in [1.82, 2.24) is 9.78 Å². The van der Waals surface area contributed by atoms with Crippen molar-refractivity contribution in [2.45, 2.75) is 4.90 Å². The van der Waals surface area contributed by atoms with Gasteiger partial charge in [-0.3, -0.25) is 9.52 Å². The predicted octanol–water partition coefficient (Wildman–Crippen LogP) is 3.99. The lowest BCUT2D eigenvalue weighted by Gasteiger charge is -2.10. The Kier molecular flexibility index (Phi) is 5.24. The zero-order chi connectivity index (χ0) is 18.9. The Morgan fingerprint density at radius 3 is 2.23 bits per heavy atom. The number of halogens is 3. The summed E-state index contributed by atoms with van der Waals surface area (Å²) >= 11 is 17.5. The van der Waals surface area contributed by atoms with Gasteiger partial charge in [-0.2, -0.15) is 9.78 Å². The molecule has 1 heterocycles. The molecule has 0 saturated carbocycles. The fraction of sp³-hybridized carbons (Fsp3) is 0. The Hall–Kier alpha value is -2.06. The van der Waals surface area contributed by atoms with Crippen LogP contribution in [0.1, 0.15) is 0 Å². The molecule has 0 fully saturated rings. The number of hydrogen-bond donors (Lipinski definition) is 1. The number of anilines is 1. The van der Waals surface area contributed by atoms with Crippen LogP contribution in [0.2, 0.25) is 15.1 Å². The monoisotopic (exact) mass is 429 g/mol. The van der Waals surface area contributed by atoms with Crippen molar-refractivity contribution in [3.05, 3.63) is 80.1 Å². The van der Waals surface area contributed by atoms with Gasteiger partial charge in [-0.05, 0) is 36.4 Å². The summed E-state index contributed by atoms with van der Waals surface area (Å²) in [6.07, 6.45) is 1.23. The average molecular weight is 431 g/mol. The molecule has 10 heteroatoms. The van der Waals surface area contributed by atoms with E-state index in [1.165, 1.54) is 30.5 Å². The Morgan fingerprint density at radius 2 is 1.58 bits per heavy atom. The number of nitrogens with one attached hydrogen (secondary N) is 1. The first-order chi connectivity index (χ1) is 12.3. The molecule has 0 saturated heterocycles.